The molecule has 2 aromatic carbocycles. The number of benzene rings is 2. The standard InChI is InChI=1S/C18H19N2O3Si/c1-24(23)10-4-9-20-14-8-7-13(19)15-16(14)18(22)12-6-3-2-5-11(12)17(15)21/h2-3,5-8,20,23H,4,9-10,19H2,1H3. The van der Waals surface area contributed by atoms with Crippen LogP contribution in [0.15, 0.2) is 36.4 Å². The van der Waals surface area contributed by atoms with E-state index in [2.05, 4.69) is 5.32 Å². The monoisotopic (exact) mass is 339 g/mol. The molecule has 0 saturated heterocycles. The second-order valence-electron chi connectivity index (χ2n) is 5.92. The van der Waals surface area contributed by atoms with Gasteiger partial charge in [0.1, 0.15) is 0 Å². The number of hydrogen-bond donors (Lipinski definition) is 3. The molecule has 123 valence electrons. The highest BCUT2D eigenvalue weighted by molar-refractivity contribution is 6.48. The molecule has 0 heterocycles. The van der Waals surface area contributed by atoms with Gasteiger partial charge in [-0.25, -0.2) is 0 Å². The van der Waals surface area contributed by atoms with Crippen molar-refractivity contribution in [2.45, 2.75) is 19.0 Å². The lowest BCUT2D eigenvalue weighted by atomic mass is 9.82. The lowest BCUT2D eigenvalue weighted by Gasteiger charge is -2.22. The summed E-state index contributed by atoms with van der Waals surface area (Å²) in [4.78, 5) is 35.1. The van der Waals surface area contributed by atoms with Crippen LogP contribution in [0, 0.1) is 0 Å². The number of fused-ring (bicyclic) bond motifs is 2. The Balaban J connectivity index is 1.98. The van der Waals surface area contributed by atoms with Crippen molar-refractivity contribution in [3.63, 3.8) is 0 Å². The van der Waals surface area contributed by atoms with Crippen molar-refractivity contribution in [2.24, 2.45) is 0 Å². The highest BCUT2D eigenvalue weighted by Gasteiger charge is 2.33. The fourth-order valence-electron chi connectivity index (χ4n) is 2.96. The molecule has 1 aliphatic rings. The summed E-state index contributed by atoms with van der Waals surface area (Å²) in [5.41, 5.74) is 8.37. The maximum Gasteiger partial charge on any atom is 0.203 e. The van der Waals surface area contributed by atoms with Gasteiger partial charge in [-0.2, -0.15) is 0 Å². The van der Waals surface area contributed by atoms with Gasteiger partial charge in [0.05, 0.1) is 11.1 Å². The fourth-order valence-corrected chi connectivity index (χ4v) is 3.65. The highest BCUT2D eigenvalue weighted by Crippen LogP contribution is 2.35. The normalized spacial score (nSPS) is 13.0. The minimum atomic E-state index is -1.25. The predicted octanol–water partition coefficient (Wildman–Crippen LogP) is 2.46. The summed E-state index contributed by atoms with van der Waals surface area (Å²) in [7, 11) is -1.25. The molecule has 0 amide bonds. The number of carbonyl (C=O) groups is 2. The van der Waals surface area contributed by atoms with Gasteiger partial charge in [0, 0.05) is 29.0 Å². The first kappa shape index (κ1) is 16.4. The molecule has 0 fully saturated rings. The molecule has 1 radical (unpaired) electrons. The predicted molar refractivity (Wildman–Crippen MR) is 95.9 cm³/mol. The molecular weight excluding hydrogens is 320 g/mol. The lowest BCUT2D eigenvalue weighted by molar-refractivity contribution is 0.0980. The van der Waals surface area contributed by atoms with E-state index in [-0.39, 0.29) is 17.1 Å². The largest absolute Gasteiger partial charge is 0.432 e. The van der Waals surface area contributed by atoms with Crippen LogP contribution in [-0.2, 0) is 0 Å². The molecule has 0 bridgehead atoms. The van der Waals surface area contributed by atoms with Crippen molar-refractivity contribution >= 4 is 32.0 Å². The summed E-state index contributed by atoms with van der Waals surface area (Å²) in [5.74, 6) is -0.395. The zero-order chi connectivity index (χ0) is 17.3. The number of hydrogen-bond acceptors (Lipinski definition) is 5. The van der Waals surface area contributed by atoms with E-state index in [0.717, 1.165) is 12.5 Å². The third-order valence-electron chi connectivity index (χ3n) is 4.14. The zero-order valence-electron chi connectivity index (χ0n) is 13.4. The van der Waals surface area contributed by atoms with Gasteiger partial charge in [-0.1, -0.05) is 24.3 Å². The van der Waals surface area contributed by atoms with E-state index in [4.69, 9.17) is 5.73 Å². The highest BCUT2D eigenvalue weighted by atomic mass is 28.3. The number of ketones is 2. The topological polar surface area (TPSA) is 92.4 Å². The van der Waals surface area contributed by atoms with Crippen LogP contribution in [0.5, 0.6) is 0 Å². The average molecular weight is 339 g/mol. The number of nitrogens with one attached hydrogen (secondary N) is 1. The van der Waals surface area contributed by atoms with Crippen LogP contribution in [0.25, 0.3) is 0 Å². The van der Waals surface area contributed by atoms with Gasteiger partial charge in [0.25, 0.3) is 0 Å². The molecule has 0 aliphatic heterocycles. The van der Waals surface area contributed by atoms with Crippen LogP contribution in [0.1, 0.15) is 38.3 Å². The Morgan fingerprint density at radius 3 is 2.29 bits per heavy atom. The quantitative estimate of drug-likeness (QED) is 0.377. The van der Waals surface area contributed by atoms with Crippen LogP contribution in [0.2, 0.25) is 12.6 Å². The molecule has 6 heteroatoms. The average Bonchev–Trinajstić information content (AvgIpc) is 2.57. The second-order valence-corrected chi connectivity index (χ2v) is 7.89. The summed E-state index contributed by atoms with van der Waals surface area (Å²) in [6.45, 7) is 2.47. The Hall–Kier alpha value is -2.44. The molecule has 0 unspecified atom stereocenters. The number of nitrogens with two attached hydrogens (primary N) is 1. The van der Waals surface area contributed by atoms with E-state index < -0.39 is 9.04 Å². The van der Waals surface area contributed by atoms with Crippen molar-refractivity contribution in [3.8, 4) is 0 Å². The lowest BCUT2D eigenvalue weighted by Crippen LogP contribution is -2.24. The molecule has 24 heavy (non-hydrogen) atoms. The first-order valence-corrected chi connectivity index (χ1v) is 10.0. The van der Waals surface area contributed by atoms with Crippen molar-refractivity contribution in [1.82, 2.24) is 0 Å². The summed E-state index contributed by atoms with van der Waals surface area (Å²) < 4.78 is 0. The number of rotatable bonds is 5. The van der Waals surface area contributed by atoms with E-state index >= 15 is 0 Å². The number of anilines is 2. The summed E-state index contributed by atoms with van der Waals surface area (Å²) in [6.07, 6.45) is 0.805. The minimum Gasteiger partial charge on any atom is -0.432 e. The van der Waals surface area contributed by atoms with E-state index in [1.165, 1.54) is 0 Å². The van der Waals surface area contributed by atoms with E-state index in [9.17, 15) is 14.4 Å². The van der Waals surface area contributed by atoms with Gasteiger partial charge in [0.15, 0.2) is 11.6 Å². The first-order valence-electron chi connectivity index (χ1n) is 7.87. The number of carbonyl (C=O) groups excluding carboxylic acids is 2. The van der Waals surface area contributed by atoms with Crippen LogP contribution in [0.4, 0.5) is 11.4 Å². The van der Waals surface area contributed by atoms with Gasteiger partial charge in [-0.05, 0) is 31.1 Å². The molecular formula is C18H19N2O3Si. The second kappa shape index (κ2) is 6.58. The van der Waals surface area contributed by atoms with Crippen LogP contribution < -0.4 is 11.1 Å². The van der Waals surface area contributed by atoms with Crippen molar-refractivity contribution in [1.29, 1.82) is 0 Å². The smallest absolute Gasteiger partial charge is 0.203 e. The summed E-state index contributed by atoms with van der Waals surface area (Å²) in [6, 6.07) is 11.0. The van der Waals surface area contributed by atoms with Crippen LogP contribution >= 0.6 is 0 Å². The molecule has 0 atom stereocenters. The van der Waals surface area contributed by atoms with Gasteiger partial charge in [-0.15, -0.1) is 0 Å². The van der Waals surface area contributed by atoms with Gasteiger partial charge in [-0.3, -0.25) is 9.59 Å². The molecule has 0 spiro atoms. The van der Waals surface area contributed by atoms with Crippen molar-refractivity contribution < 1.29 is 14.4 Å². The Kier molecular flexibility index (Phi) is 4.50. The molecule has 0 aromatic heterocycles. The third-order valence-corrected chi connectivity index (χ3v) is 5.22. The van der Waals surface area contributed by atoms with Gasteiger partial charge in [0.2, 0.25) is 9.04 Å². The summed E-state index contributed by atoms with van der Waals surface area (Å²) >= 11 is 0. The molecule has 5 nitrogen and oxygen atoms in total. The Morgan fingerprint density at radius 2 is 1.67 bits per heavy atom. The Labute approximate surface area is 142 Å². The zero-order valence-corrected chi connectivity index (χ0v) is 14.4. The SMILES string of the molecule is C[Si](O)CCCNc1ccc(N)c2c1C(=O)c1ccccc1C2=O. The van der Waals surface area contributed by atoms with E-state index in [1.54, 1.807) is 36.4 Å². The van der Waals surface area contributed by atoms with E-state index in [0.29, 0.717) is 34.6 Å². The Bertz CT molecular complexity index is 818. The molecule has 0 saturated carbocycles. The molecule has 2 aromatic rings. The molecule has 3 rings (SSSR count). The molecule has 4 N–H and O–H groups in total. The molecule has 1 aliphatic carbocycles. The maximum atomic E-state index is 12.9. The Morgan fingerprint density at radius 1 is 1.04 bits per heavy atom. The van der Waals surface area contributed by atoms with Crippen molar-refractivity contribution in [2.75, 3.05) is 17.6 Å². The minimum absolute atomic E-state index is 0.183. The summed E-state index contributed by atoms with van der Waals surface area (Å²) in [5, 5.41) is 3.21. The maximum absolute atomic E-state index is 12.9. The van der Waals surface area contributed by atoms with E-state index in [1.807, 2.05) is 6.55 Å². The fraction of sp³-hybridized carbons (Fsp3) is 0.222. The van der Waals surface area contributed by atoms with Gasteiger partial charge >= 0.3 is 0 Å². The first-order chi connectivity index (χ1) is 11.5. The number of nitrogen functional groups attached to an aromatic ring is 1. The van der Waals surface area contributed by atoms with Crippen LogP contribution in [-0.4, -0.2) is 31.9 Å². The van der Waals surface area contributed by atoms with Gasteiger partial charge < -0.3 is 15.8 Å². The third kappa shape index (κ3) is 2.86. The van der Waals surface area contributed by atoms with Crippen LogP contribution in [0.3, 0.4) is 0 Å². The van der Waals surface area contributed by atoms with Crippen molar-refractivity contribution in [3.05, 3.63) is 58.7 Å².